The van der Waals surface area contributed by atoms with E-state index in [1.165, 1.54) is 60.1 Å². The summed E-state index contributed by atoms with van der Waals surface area (Å²) in [5, 5.41) is 9.58. The minimum Gasteiger partial charge on any atom is -0.456 e. The van der Waals surface area contributed by atoms with Crippen molar-refractivity contribution in [2.75, 3.05) is 4.90 Å². The molecule has 0 aliphatic carbocycles. The van der Waals surface area contributed by atoms with Crippen molar-refractivity contribution in [3.05, 3.63) is 237 Å². The standard InChI is InChI=1S/C60H39NO/c1-3-13-44-36-50(25-23-40(44)11-1)43-29-33-53(34-30-43)61(52-31-27-42(28-32-52)46-17-9-18-47(35-46)51-26-24-41-12-2-4-14-45(41)37-51)57-21-8-7-19-54(57)55-20-10-22-58-60(55)56-38-48-15-5-6-16-49(48)39-59(56)62-58/h1-39H. The van der Waals surface area contributed by atoms with E-state index in [0.717, 1.165) is 55.7 Å². The van der Waals surface area contributed by atoms with Crippen molar-refractivity contribution in [2.24, 2.45) is 0 Å². The number of benzene rings is 11. The Kier molecular flexibility index (Phi) is 8.53. The third kappa shape index (κ3) is 6.29. The zero-order chi connectivity index (χ0) is 41.0. The van der Waals surface area contributed by atoms with Gasteiger partial charge in [-0.05, 0) is 138 Å². The van der Waals surface area contributed by atoms with Gasteiger partial charge in [0, 0.05) is 27.7 Å². The second-order valence-corrected chi connectivity index (χ2v) is 16.1. The summed E-state index contributed by atoms with van der Waals surface area (Å²) in [6.07, 6.45) is 0. The van der Waals surface area contributed by atoms with Crippen LogP contribution in [0.3, 0.4) is 0 Å². The van der Waals surface area contributed by atoms with Gasteiger partial charge in [-0.25, -0.2) is 0 Å². The van der Waals surface area contributed by atoms with E-state index in [0.29, 0.717) is 0 Å². The second-order valence-electron chi connectivity index (χ2n) is 16.1. The molecule has 1 heterocycles. The number of rotatable bonds is 7. The lowest BCUT2D eigenvalue weighted by atomic mass is 9.95. The van der Waals surface area contributed by atoms with Gasteiger partial charge in [0.25, 0.3) is 0 Å². The lowest BCUT2D eigenvalue weighted by Crippen LogP contribution is -2.11. The lowest BCUT2D eigenvalue weighted by Gasteiger charge is -2.28. The van der Waals surface area contributed by atoms with Crippen LogP contribution >= 0.6 is 0 Å². The molecule has 0 fully saturated rings. The van der Waals surface area contributed by atoms with Gasteiger partial charge in [0.2, 0.25) is 0 Å². The fourth-order valence-corrected chi connectivity index (χ4v) is 9.28. The molecule has 12 aromatic rings. The Bertz CT molecular complexity index is 3630. The van der Waals surface area contributed by atoms with Crippen molar-refractivity contribution in [1.82, 2.24) is 0 Å². The van der Waals surface area contributed by atoms with Crippen LogP contribution in [0.4, 0.5) is 17.1 Å². The van der Waals surface area contributed by atoms with Gasteiger partial charge in [-0.1, -0.05) is 170 Å². The Morgan fingerprint density at radius 3 is 1.35 bits per heavy atom. The van der Waals surface area contributed by atoms with Crippen molar-refractivity contribution >= 4 is 71.3 Å². The minimum atomic E-state index is 0.879. The average molecular weight is 790 g/mol. The first kappa shape index (κ1) is 35.7. The average Bonchev–Trinajstić information content (AvgIpc) is 3.71. The highest BCUT2D eigenvalue weighted by Crippen LogP contribution is 2.46. The van der Waals surface area contributed by atoms with Crippen LogP contribution in [-0.2, 0) is 0 Å². The van der Waals surface area contributed by atoms with E-state index in [4.69, 9.17) is 4.42 Å². The molecule has 1 aromatic heterocycles. The molecule has 0 aliphatic heterocycles. The van der Waals surface area contributed by atoms with Crippen LogP contribution in [0.5, 0.6) is 0 Å². The predicted octanol–water partition coefficient (Wildman–Crippen LogP) is 17.2. The van der Waals surface area contributed by atoms with Crippen LogP contribution in [0.2, 0.25) is 0 Å². The van der Waals surface area contributed by atoms with Gasteiger partial charge in [0.1, 0.15) is 11.2 Å². The van der Waals surface area contributed by atoms with E-state index in [1.54, 1.807) is 0 Å². The summed E-state index contributed by atoms with van der Waals surface area (Å²) < 4.78 is 6.57. The first-order valence-electron chi connectivity index (χ1n) is 21.2. The predicted molar refractivity (Wildman–Crippen MR) is 263 cm³/mol. The van der Waals surface area contributed by atoms with E-state index in [9.17, 15) is 0 Å². The van der Waals surface area contributed by atoms with E-state index in [1.807, 2.05) is 0 Å². The molecule has 11 aromatic carbocycles. The van der Waals surface area contributed by atoms with E-state index < -0.39 is 0 Å². The number of para-hydroxylation sites is 1. The summed E-state index contributed by atoms with van der Waals surface area (Å²) >= 11 is 0. The molecule has 290 valence electrons. The number of anilines is 3. The highest BCUT2D eigenvalue weighted by Gasteiger charge is 2.21. The van der Waals surface area contributed by atoms with Crippen LogP contribution in [0.1, 0.15) is 0 Å². The van der Waals surface area contributed by atoms with Crippen LogP contribution in [0.15, 0.2) is 241 Å². The fourth-order valence-electron chi connectivity index (χ4n) is 9.28. The van der Waals surface area contributed by atoms with Gasteiger partial charge in [-0.3, -0.25) is 0 Å². The van der Waals surface area contributed by atoms with Crippen LogP contribution in [0.25, 0.3) is 98.8 Å². The molecule has 0 saturated heterocycles. The summed E-state index contributed by atoms with van der Waals surface area (Å²) in [4.78, 5) is 2.39. The van der Waals surface area contributed by atoms with Gasteiger partial charge in [-0.2, -0.15) is 0 Å². The molecule has 0 radical (unpaired) electrons. The maximum atomic E-state index is 6.57. The zero-order valence-corrected chi connectivity index (χ0v) is 33.9. The number of fused-ring (bicyclic) bond motifs is 6. The molecule has 2 heteroatoms. The highest BCUT2D eigenvalue weighted by atomic mass is 16.3. The van der Waals surface area contributed by atoms with Gasteiger partial charge < -0.3 is 9.32 Å². The van der Waals surface area contributed by atoms with Gasteiger partial charge in [0.15, 0.2) is 0 Å². The lowest BCUT2D eigenvalue weighted by molar-refractivity contribution is 0.669. The molecule has 0 bridgehead atoms. The number of hydrogen-bond acceptors (Lipinski definition) is 2. The van der Waals surface area contributed by atoms with E-state index in [-0.39, 0.29) is 0 Å². The molecule has 0 atom stereocenters. The van der Waals surface area contributed by atoms with E-state index in [2.05, 4.69) is 241 Å². The third-order valence-electron chi connectivity index (χ3n) is 12.4. The molecule has 0 spiro atoms. The maximum Gasteiger partial charge on any atom is 0.136 e. The SMILES string of the molecule is c1cc(-c2ccc(N(c3ccc(-c4ccc5ccccc5c4)cc3)c3ccccc3-c3cccc4oc5cc6ccccc6cc5c34)cc2)cc(-c2ccc3ccccc3c2)c1. The molecule has 2 nitrogen and oxygen atoms in total. The van der Waals surface area contributed by atoms with E-state index >= 15 is 0 Å². The maximum absolute atomic E-state index is 6.57. The van der Waals surface area contributed by atoms with Crippen molar-refractivity contribution in [1.29, 1.82) is 0 Å². The minimum absolute atomic E-state index is 0.879. The normalized spacial score (nSPS) is 11.5. The summed E-state index contributed by atoms with van der Waals surface area (Å²) in [5.74, 6) is 0. The number of furan rings is 1. The largest absolute Gasteiger partial charge is 0.456 e. The summed E-state index contributed by atoms with van der Waals surface area (Å²) in [7, 11) is 0. The Labute approximate surface area is 360 Å². The molecule has 0 amide bonds. The van der Waals surface area contributed by atoms with Gasteiger partial charge >= 0.3 is 0 Å². The Balaban J connectivity index is 0.984. The van der Waals surface area contributed by atoms with Gasteiger partial charge in [-0.15, -0.1) is 0 Å². The quantitative estimate of drug-likeness (QED) is 0.160. The fraction of sp³-hybridized carbons (Fsp3) is 0. The molecule has 0 N–H and O–H groups in total. The van der Waals surface area contributed by atoms with Gasteiger partial charge in [0.05, 0.1) is 5.69 Å². The van der Waals surface area contributed by atoms with Crippen molar-refractivity contribution in [3.8, 4) is 44.5 Å². The zero-order valence-electron chi connectivity index (χ0n) is 33.9. The Morgan fingerprint density at radius 1 is 0.274 bits per heavy atom. The molecular weight excluding hydrogens is 751 g/mol. The van der Waals surface area contributed by atoms with Crippen LogP contribution in [-0.4, -0.2) is 0 Å². The topological polar surface area (TPSA) is 16.4 Å². The smallest absolute Gasteiger partial charge is 0.136 e. The molecule has 12 rings (SSSR count). The first-order chi connectivity index (χ1) is 30.7. The molecule has 62 heavy (non-hydrogen) atoms. The monoisotopic (exact) mass is 789 g/mol. The summed E-state index contributed by atoms with van der Waals surface area (Å²) in [6.45, 7) is 0. The molecule has 0 unspecified atom stereocenters. The van der Waals surface area contributed by atoms with Crippen molar-refractivity contribution in [3.63, 3.8) is 0 Å². The number of nitrogens with zero attached hydrogens (tertiary/aromatic N) is 1. The van der Waals surface area contributed by atoms with Crippen molar-refractivity contribution < 1.29 is 4.42 Å². The molecule has 0 saturated carbocycles. The summed E-state index contributed by atoms with van der Waals surface area (Å²) in [6, 6.07) is 85.6. The second kappa shape index (κ2) is 14.8. The summed E-state index contributed by atoms with van der Waals surface area (Å²) in [5.41, 5.74) is 14.4. The Hall–Kier alpha value is -8.20. The first-order valence-corrected chi connectivity index (χ1v) is 21.2. The third-order valence-corrected chi connectivity index (χ3v) is 12.4. The highest BCUT2D eigenvalue weighted by molar-refractivity contribution is 6.16. The molecular formula is C60H39NO. The van der Waals surface area contributed by atoms with Crippen LogP contribution in [0, 0.1) is 0 Å². The molecule has 0 aliphatic rings. The van der Waals surface area contributed by atoms with Crippen molar-refractivity contribution in [2.45, 2.75) is 0 Å². The van der Waals surface area contributed by atoms with Crippen LogP contribution < -0.4 is 4.90 Å². The Morgan fingerprint density at radius 2 is 0.726 bits per heavy atom. The number of hydrogen-bond donors (Lipinski definition) is 0.